The van der Waals surface area contributed by atoms with Crippen molar-refractivity contribution in [3.05, 3.63) is 28.8 Å². The number of hydrogen-bond donors (Lipinski definition) is 3. The lowest BCUT2D eigenvalue weighted by Crippen LogP contribution is -2.31. The van der Waals surface area contributed by atoms with E-state index in [2.05, 4.69) is 26.1 Å². The number of carboxylic acids is 1. The summed E-state index contributed by atoms with van der Waals surface area (Å²) in [6.07, 6.45) is 0.939. The molecule has 1 aromatic rings. The topological polar surface area (TPSA) is 92.4 Å². The Labute approximate surface area is 129 Å². The van der Waals surface area contributed by atoms with Crippen molar-refractivity contribution in [2.24, 2.45) is 11.1 Å². The zero-order valence-corrected chi connectivity index (χ0v) is 13.2. The van der Waals surface area contributed by atoms with E-state index < -0.39 is 5.97 Å². The number of aromatic carboxylic acids is 1. The lowest BCUT2D eigenvalue weighted by molar-refractivity contribution is -0.116. The van der Waals surface area contributed by atoms with Gasteiger partial charge in [-0.2, -0.15) is 0 Å². The van der Waals surface area contributed by atoms with Crippen LogP contribution in [0.25, 0.3) is 0 Å². The number of nitrogens with two attached hydrogens (primary N) is 1. The minimum Gasteiger partial charge on any atom is -0.478 e. The molecule has 1 rings (SSSR count). The van der Waals surface area contributed by atoms with Gasteiger partial charge in [-0.1, -0.05) is 32.4 Å². The number of rotatable bonds is 5. The summed E-state index contributed by atoms with van der Waals surface area (Å²) in [5, 5.41) is 11.6. The molecule has 0 aliphatic heterocycles. The summed E-state index contributed by atoms with van der Waals surface area (Å²) in [5.41, 5.74) is 6.46. The highest BCUT2D eigenvalue weighted by Gasteiger charge is 2.18. The van der Waals surface area contributed by atoms with Crippen LogP contribution in [0.2, 0.25) is 5.02 Å². The second kappa shape index (κ2) is 6.91. The third-order valence-electron chi connectivity index (χ3n) is 2.81. The molecule has 5 nitrogen and oxygen atoms in total. The van der Waals surface area contributed by atoms with Gasteiger partial charge in [0, 0.05) is 18.2 Å². The highest BCUT2D eigenvalue weighted by atomic mass is 35.5. The molecule has 0 heterocycles. The molecule has 1 unspecified atom stereocenters. The average molecular weight is 313 g/mol. The van der Waals surface area contributed by atoms with Gasteiger partial charge in [-0.25, -0.2) is 4.79 Å². The van der Waals surface area contributed by atoms with Crippen molar-refractivity contribution in [3.8, 4) is 0 Å². The van der Waals surface area contributed by atoms with Crippen molar-refractivity contribution in [3.63, 3.8) is 0 Å². The number of hydrogen-bond acceptors (Lipinski definition) is 3. The molecule has 116 valence electrons. The average Bonchev–Trinajstić information content (AvgIpc) is 2.24. The number of carboxylic acid groups (broad SMARTS) is 1. The van der Waals surface area contributed by atoms with Crippen LogP contribution in [0.15, 0.2) is 18.2 Å². The van der Waals surface area contributed by atoms with Crippen LogP contribution in [0, 0.1) is 5.41 Å². The Hall–Kier alpha value is -1.59. The van der Waals surface area contributed by atoms with Gasteiger partial charge in [-0.3, -0.25) is 4.79 Å². The Kier molecular flexibility index (Phi) is 5.75. The van der Waals surface area contributed by atoms with Gasteiger partial charge < -0.3 is 16.2 Å². The monoisotopic (exact) mass is 312 g/mol. The van der Waals surface area contributed by atoms with E-state index in [4.69, 9.17) is 22.4 Å². The zero-order chi connectivity index (χ0) is 16.2. The molecule has 0 bridgehead atoms. The van der Waals surface area contributed by atoms with Crippen molar-refractivity contribution in [1.82, 2.24) is 0 Å². The number of nitrogens with one attached hydrogen (secondary N) is 1. The molecule has 4 N–H and O–H groups in total. The van der Waals surface area contributed by atoms with Gasteiger partial charge in [0.1, 0.15) is 0 Å². The van der Waals surface area contributed by atoms with E-state index in [0.29, 0.717) is 5.69 Å². The van der Waals surface area contributed by atoms with Crippen LogP contribution < -0.4 is 11.1 Å². The van der Waals surface area contributed by atoms with Gasteiger partial charge in [-0.05, 0) is 30.0 Å². The number of carbonyl (C=O) groups is 2. The Morgan fingerprint density at radius 1 is 1.38 bits per heavy atom. The van der Waals surface area contributed by atoms with Crippen molar-refractivity contribution in [2.45, 2.75) is 39.7 Å². The molecule has 1 aromatic carbocycles. The van der Waals surface area contributed by atoms with Gasteiger partial charge in [0.15, 0.2) is 0 Å². The fourth-order valence-corrected chi connectivity index (χ4v) is 2.34. The summed E-state index contributed by atoms with van der Waals surface area (Å²) in [7, 11) is 0. The molecule has 0 spiro atoms. The second-order valence-corrected chi connectivity index (χ2v) is 6.68. The first kappa shape index (κ1) is 17.5. The summed E-state index contributed by atoms with van der Waals surface area (Å²) in [4.78, 5) is 22.7. The maximum absolute atomic E-state index is 11.9. The van der Waals surface area contributed by atoms with Crippen molar-refractivity contribution in [1.29, 1.82) is 0 Å². The minimum atomic E-state index is -1.11. The summed E-state index contributed by atoms with van der Waals surface area (Å²) in [6.45, 7) is 6.19. The van der Waals surface area contributed by atoms with Crippen molar-refractivity contribution < 1.29 is 14.7 Å². The highest BCUT2D eigenvalue weighted by Crippen LogP contribution is 2.23. The van der Waals surface area contributed by atoms with Crippen LogP contribution in [-0.4, -0.2) is 23.0 Å². The summed E-state index contributed by atoms with van der Waals surface area (Å²) in [5.74, 6) is -1.32. The van der Waals surface area contributed by atoms with Crippen LogP contribution in [0.3, 0.4) is 0 Å². The van der Waals surface area contributed by atoms with Gasteiger partial charge in [0.2, 0.25) is 5.91 Å². The Morgan fingerprint density at radius 2 is 2.00 bits per heavy atom. The first-order valence-corrected chi connectivity index (χ1v) is 7.04. The number of halogens is 1. The molecule has 0 fully saturated rings. The molecule has 0 aromatic heterocycles. The van der Waals surface area contributed by atoms with E-state index in [1.807, 2.05) is 0 Å². The maximum Gasteiger partial charge on any atom is 0.337 e. The van der Waals surface area contributed by atoms with Crippen LogP contribution >= 0.6 is 11.6 Å². The summed E-state index contributed by atoms with van der Waals surface area (Å²) < 4.78 is 0. The van der Waals surface area contributed by atoms with Crippen molar-refractivity contribution in [2.75, 3.05) is 5.32 Å². The first-order valence-electron chi connectivity index (χ1n) is 6.67. The number of benzene rings is 1. The normalized spacial score (nSPS) is 12.8. The quantitative estimate of drug-likeness (QED) is 0.778. The van der Waals surface area contributed by atoms with E-state index >= 15 is 0 Å². The summed E-state index contributed by atoms with van der Waals surface area (Å²) in [6, 6.07) is 4.05. The van der Waals surface area contributed by atoms with Gasteiger partial charge >= 0.3 is 5.97 Å². The van der Waals surface area contributed by atoms with E-state index in [9.17, 15) is 9.59 Å². The molecule has 21 heavy (non-hydrogen) atoms. The van der Waals surface area contributed by atoms with E-state index in [1.54, 1.807) is 0 Å². The molecule has 0 saturated carbocycles. The smallest absolute Gasteiger partial charge is 0.337 e. The molecule has 1 atom stereocenters. The molecule has 6 heteroatoms. The van der Waals surface area contributed by atoms with Gasteiger partial charge in [0.05, 0.1) is 10.6 Å². The number of anilines is 1. The van der Waals surface area contributed by atoms with Gasteiger partial charge in [-0.15, -0.1) is 0 Å². The molecule has 0 radical (unpaired) electrons. The second-order valence-electron chi connectivity index (χ2n) is 6.28. The Bertz CT molecular complexity index is 538. The van der Waals surface area contributed by atoms with Crippen LogP contribution in [0.4, 0.5) is 5.69 Å². The Balaban J connectivity index is 2.63. The largest absolute Gasteiger partial charge is 0.478 e. The predicted molar refractivity (Wildman–Crippen MR) is 83.7 cm³/mol. The van der Waals surface area contributed by atoms with Crippen LogP contribution in [0.5, 0.6) is 0 Å². The first-order chi connectivity index (χ1) is 9.58. The van der Waals surface area contributed by atoms with Gasteiger partial charge in [0.25, 0.3) is 0 Å². The maximum atomic E-state index is 11.9. The molecular formula is C15H21ClN2O3. The van der Waals surface area contributed by atoms with Crippen molar-refractivity contribution >= 4 is 29.2 Å². The SMILES string of the molecule is CC(C)(C)CC(N)CC(=O)Nc1ccc(C(=O)O)c(Cl)c1. The number of amides is 1. The summed E-state index contributed by atoms with van der Waals surface area (Å²) >= 11 is 5.84. The predicted octanol–water partition coefficient (Wildman–Crippen LogP) is 3.13. The third kappa shape index (κ3) is 6.14. The molecule has 1 amide bonds. The molecule has 0 saturated heterocycles. The Morgan fingerprint density at radius 3 is 2.48 bits per heavy atom. The van der Waals surface area contributed by atoms with E-state index in [0.717, 1.165) is 6.42 Å². The lowest BCUT2D eigenvalue weighted by Gasteiger charge is -2.22. The number of carbonyl (C=O) groups excluding carboxylic acids is 1. The highest BCUT2D eigenvalue weighted by molar-refractivity contribution is 6.33. The van der Waals surface area contributed by atoms with Crippen LogP contribution in [0.1, 0.15) is 44.0 Å². The minimum absolute atomic E-state index is 0.000834. The zero-order valence-electron chi connectivity index (χ0n) is 12.4. The lowest BCUT2D eigenvalue weighted by atomic mass is 9.87. The fraction of sp³-hybridized carbons (Fsp3) is 0.467. The van der Waals surface area contributed by atoms with Crippen LogP contribution in [-0.2, 0) is 4.79 Å². The molecular weight excluding hydrogens is 292 g/mol. The van der Waals surface area contributed by atoms with E-state index in [-0.39, 0.29) is 34.4 Å². The fourth-order valence-electron chi connectivity index (χ4n) is 2.08. The third-order valence-corrected chi connectivity index (χ3v) is 3.12. The molecule has 0 aliphatic rings. The van der Waals surface area contributed by atoms with E-state index in [1.165, 1.54) is 18.2 Å². The molecule has 0 aliphatic carbocycles. The standard InChI is InChI=1S/C15H21ClN2O3/c1-15(2,3)8-9(17)6-13(19)18-10-4-5-11(14(20)21)12(16)7-10/h4-5,7,9H,6,8,17H2,1-3H3,(H,18,19)(H,20,21).